The number of carbonyl (C=O) groups excluding carboxylic acids is 2. The molecule has 114 valence electrons. The number of likely N-dealkylation sites (tertiary alicyclic amines) is 2. The second kappa shape index (κ2) is 7.04. The third-order valence-corrected chi connectivity index (χ3v) is 4.31. The van der Waals surface area contributed by atoms with Gasteiger partial charge in [-0.3, -0.25) is 9.59 Å². The second-order valence-electron chi connectivity index (χ2n) is 5.68. The first-order valence-corrected chi connectivity index (χ1v) is 7.32. The van der Waals surface area contributed by atoms with Crippen molar-refractivity contribution in [3.05, 3.63) is 0 Å². The Hall–Kier alpha value is -1.14. The maximum absolute atomic E-state index is 12.4. The molecule has 2 amide bonds. The zero-order chi connectivity index (χ0) is 14.5. The van der Waals surface area contributed by atoms with Crippen molar-refractivity contribution in [3.63, 3.8) is 0 Å². The van der Waals surface area contributed by atoms with Crippen LogP contribution in [-0.4, -0.2) is 73.2 Å². The van der Waals surface area contributed by atoms with Crippen LogP contribution in [0.1, 0.15) is 19.3 Å². The SMILES string of the molecule is COCCN1CC(C(=O)N2CCC(CO)CC2)CC1=O. The van der Waals surface area contributed by atoms with Crippen molar-refractivity contribution in [2.45, 2.75) is 19.3 Å². The lowest BCUT2D eigenvalue weighted by Crippen LogP contribution is -2.43. The van der Waals surface area contributed by atoms with Gasteiger partial charge in [0.1, 0.15) is 0 Å². The molecule has 2 saturated heterocycles. The maximum atomic E-state index is 12.4. The van der Waals surface area contributed by atoms with Crippen LogP contribution in [0.4, 0.5) is 0 Å². The van der Waals surface area contributed by atoms with Crippen molar-refractivity contribution in [1.82, 2.24) is 9.80 Å². The fraction of sp³-hybridized carbons (Fsp3) is 0.857. The Kier molecular flexibility index (Phi) is 5.37. The summed E-state index contributed by atoms with van der Waals surface area (Å²) in [5, 5.41) is 9.11. The highest BCUT2D eigenvalue weighted by Crippen LogP contribution is 2.23. The van der Waals surface area contributed by atoms with Gasteiger partial charge in [0.25, 0.3) is 0 Å². The Morgan fingerprint density at radius 1 is 1.40 bits per heavy atom. The topological polar surface area (TPSA) is 70.1 Å². The molecule has 1 atom stereocenters. The summed E-state index contributed by atoms with van der Waals surface area (Å²) in [5.74, 6) is 0.257. The van der Waals surface area contributed by atoms with Crippen molar-refractivity contribution in [1.29, 1.82) is 0 Å². The largest absolute Gasteiger partial charge is 0.396 e. The van der Waals surface area contributed by atoms with Gasteiger partial charge in [-0.1, -0.05) is 0 Å². The monoisotopic (exact) mass is 284 g/mol. The molecule has 0 bridgehead atoms. The molecule has 6 nitrogen and oxygen atoms in total. The first-order chi connectivity index (χ1) is 9.65. The quantitative estimate of drug-likeness (QED) is 0.753. The molecular formula is C14H24N2O4. The summed E-state index contributed by atoms with van der Waals surface area (Å²) in [6, 6.07) is 0. The number of piperidine rings is 1. The van der Waals surface area contributed by atoms with Gasteiger partial charge in [0, 0.05) is 46.3 Å². The molecule has 2 rings (SSSR count). The average Bonchev–Trinajstić information content (AvgIpc) is 2.85. The Labute approximate surface area is 119 Å². The fourth-order valence-corrected chi connectivity index (χ4v) is 2.95. The maximum Gasteiger partial charge on any atom is 0.227 e. The van der Waals surface area contributed by atoms with E-state index in [1.54, 1.807) is 12.0 Å². The molecular weight excluding hydrogens is 260 g/mol. The number of aliphatic hydroxyl groups is 1. The van der Waals surface area contributed by atoms with Crippen LogP contribution in [0.5, 0.6) is 0 Å². The molecule has 0 aromatic heterocycles. The summed E-state index contributed by atoms with van der Waals surface area (Å²) in [5.41, 5.74) is 0. The number of hydrogen-bond acceptors (Lipinski definition) is 4. The van der Waals surface area contributed by atoms with Crippen LogP contribution < -0.4 is 0 Å². The van der Waals surface area contributed by atoms with Crippen LogP contribution >= 0.6 is 0 Å². The molecule has 2 aliphatic rings. The molecule has 0 aliphatic carbocycles. The van der Waals surface area contributed by atoms with E-state index in [9.17, 15) is 9.59 Å². The first kappa shape index (κ1) is 15.3. The van der Waals surface area contributed by atoms with Gasteiger partial charge >= 0.3 is 0 Å². The Morgan fingerprint density at radius 3 is 2.70 bits per heavy atom. The molecule has 2 aliphatic heterocycles. The molecule has 1 N–H and O–H groups in total. The van der Waals surface area contributed by atoms with E-state index in [1.807, 2.05) is 4.90 Å². The Morgan fingerprint density at radius 2 is 2.10 bits per heavy atom. The highest BCUT2D eigenvalue weighted by molar-refractivity contribution is 5.89. The summed E-state index contributed by atoms with van der Waals surface area (Å²) in [4.78, 5) is 27.8. The second-order valence-corrected chi connectivity index (χ2v) is 5.68. The van der Waals surface area contributed by atoms with Crippen LogP contribution in [-0.2, 0) is 14.3 Å². The third kappa shape index (κ3) is 3.49. The van der Waals surface area contributed by atoms with Gasteiger partial charge in [-0.05, 0) is 18.8 Å². The van der Waals surface area contributed by atoms with Crippen LogP contribution in [0.25, 0.3) is 0 Å². The number of nitrogens with zero attached hydrogens (tertiary/aromatic N) is 2. The van der Waals surface area contributed by atoms with E-state index >= 15 is 0 Å². The molecule has 0 spiro atoms. The van der Waals surface area contributed by atoms with E-state index in [4.69, 9.17) is 9.84 Å². The van der Waals surface area contributed by atoms with Crippen LogP contribution in [0, 0.1) is 11.8 Å². The summed E-state index contributed by atoms with van der Waals surface area (Å²) in [6.45, 7) is 3.19. The smallest absolute Gasteiger partial charge is 0.227 e. The van der Waals surface area contributed by atoms with Crippen LogP contribution in [0.3, 0.4) is 0 Å². The summed E-state index contributed by atoms with van der Waals surface area (Å²) < 4.78 is 4.98. The standard InChI is InChI=1S/C14H24N2O4/c1-20-7-6-16-9-12(8-13(16)18)14(19)15-4-2-11(10-17)3-5-15/h11-12,17H,2-10H2,1H3. The van der Waals surface area contributed by atoms with Crippen molar-refractivity contribution in [3.8, 4) is 0 Å². The number of carbonyl (C=O) groups is 2. The minimum Gasteiger partial charge on any atom is -0.396 e. The highest BCUT2D eigenvalue weighted by atomic mass is 16.5. The van der Waals surface area contributed by atoms with Gasteiger partial charge in [-0.15, -0.1) is 0 Å². The predicted molar refractivity (Wildman–Crippen MR) is 73.0 cm³/mol. The minimum absolute atomic E-state index is 0.0469. The number of amides is 2. The van der Waals surface area contributed by atoms with Gasteiger partial charge in [0.2, 0.25) is 11.8 Å². The number of hydrogen-bond donors (Lipinski definition) is 1. The van der Waals surface area contributed by atoms with Crippen molar-refractivity contribution in [2.24, 2.45) is 11.8 Å². The lowest BCUT2D eigenvalue weighted by Gasteiger charge is -2.32. The van der Waals surface area contributed by atoms with E-state index in [-0.39, 0.29) is 24.3 Å². The van der Waals surface area contributed by atoms with Gasteiger partial charge in [0.05, 0.1) is 12.5 Å². The number of methoxy groups -OCH3 is 1. The molecule has 0 aromatic carbocycles. The number of aliphatic hydroxyl groups excluding tert-OH is 1. The molecule has 0 radical (unpaired) electrons. The highest BCUT2D eigenvalue weighted by Gasteiger charge is 2.37. The van der Waals surface area contributed by atoms with E-state index in [1.165, 1.54) is 0 Å². The van der Waals surface area contributed by atoms with E-state index in [2.05, 4.69) is 0 Å². The molecule has 20 heavy (non-hydrogen) atoms. The van der Waals surface area contributed by atoms with Crippen molar-refractivity contribution >= 4 is 11.8 Å². The fourth-order valence-electron chi connectivity index (χ4n) is 2.95. The molecule has 0 aromatic rings. The number of ether oxygens (including phenoxy) is 1. The van der Waals surface area contributed by atoms with Crippen molar-refractivity contribution in [2.75, 3.05) is 46.5 Å². The number of rotatable bonds is 5. The zero-order valence-corrected chi connectivity index (χ0v) is 12.1. The minimum atomic E-state index is -0.204. The van der Waals surface area contributed by atoms with Gasteiger partial charge in [-0.2, -0.15) is 0 Å². The van der Waals surface area contributed by atoms with Crippen LogP contribution in [0.2, 0.25) is 0 Å². The van der Waals surface area contributed by atoms with Gasteiger partial charge in [0.15, 0.2) is 0 Å². The van der Waals surface area contributed by atoms with Gasteiger partial charge in [-0.25, -0.2) is 0 Å². The lowest BCUT2D eigenvalue weighted by atomic mass is 9.96. The van der Waals surface area contributed by atoms with E-state index in [0.717, 1.165) is 12.8 Å². The molecule has 1 unspecified atom stereocenters. The average molecular weight is 284 g/mol. The third-order valence-electron chi connectivity index (χ3n) is 4.31. The lowest BCUT2D eigenvalue weighted by molar-refractivity contribution is -0.137. The summed E-state index contributed by atoms with van der Waals surface area (Å²) >= 11 is 0. The summed E-state index contributed by atoms with van der Waals surface area (Å²) in [7, 11) is 1.61. The van der Waals surface area contributed by atoms with Crippen LogP contribution in [0.15, 0.2) is 0 Å². The summed E-state index contributed by atoms with van der Waals surface area (Å²) in [6.07, 6.45) is 2.04. The van der Waals surface area contributed by atoms with Crippen molar-refractivity contribution < 1.29 is 19.4 Å². The van der Waals surface area contributed by atoms with E-state index in [0.29, 0.717) is 45.1 Å². The van der Waals surface area contributed by atoms with E-state index < -0.39 is 0 Å². The molecule has 2 heterocycles. The molecule has 6 heteroatoms. The zero-order valence-electron chi connectivity index (χ0n) is 12.1. The predicted octanol–water partition coefficient (Wildman–Crippen LogP) is -0.288. The Balaban J connectivity index is 1.83. The molecule has 0 saturated carbocycles. The van der Waals surface area contributed by atoms with Gasteiger partial charge < -0.3 is 19.6 Å². The Bertz CT molecular complexity index is 353. The molecule has 2 fully saturated rings. The first-order valence-electron chi connectivity index (χ1n) is 7.32. The normalized spacial score (nSPS) is 24.5.